The summed E-state index contributed by atoms with van der Waals surface area (Å²) >= 11 is 0. The summed E-state index contributed by atoms with van der Waals surface area (Å²) in [6.07, 6.45) is 21.7. The van der Waals surface area contributed by atoms with Crippen LogP contribution in [0, 0.1) is 41.4 Å². The fourth-order valence-electron chi connectivity index (χ4n) is 10.4. The molecule has 0 atom stereocenters. The van der Waals surface area contributed by atoms with Gasteiger partial charge in [-0.3, -0.25) is 0 Å². The largest absolute Gasteiger partial charge is 0.0790 e. The highest BCUT2D eigenvalue weighted by atomic mass is 31.1. The van der Waals surface area contributed by atoms with Gasteiger partial charge in [-0.05, 0) is 118 Å². The van der Waals surface area contributed by atoms with Crippen LogP contribution in [-0.2, 0) is 0 Å². The van der Waals surface area contributed by atoms with E-state index in [1.54, 1.807) is 83.2 Å². The highest BCUT2D eigenvalue weighted by Crippen LogP contribution is 2.79. The molecule has 0 aromatic carbocycles. The molecule has 0 N–H and O–H groups in total. The second-order valence-electron chi connectivity index (χ2n) is 12.5. The summed E-state index contributed by atoms with van der Waals surface area (Å²) < 4.78 is 0. The lowest BCUT2D eigenvalue weighted by Gasteiger charge is -2.63. The van der Waals surface area contributed by atoms with Crippen molar-refractivity contribution in [2.24, 2.45) is 41.4 Å². The Hall–Kier alpha value is 0.430. The maximum Gasteiger partial charge on any atom is 0.0790 e. The van der Waals surface area contributed by atoms with Gasteiger partial charge in [0.1, 0.15) is 0 Å². The van der Waals surface area contributed by atoms with Gasteiger partial charge in [0.25, 0.3) is 0 Å². The first kappa shape index (κ1) is 16.4. The zero-order valence-corrected chi connectivity index (χ0v) is 17.7. The second kappa shape index (κ2) is 5.49. The molecule has 0 radical (unpaired) electrons. The van der Waals surface area contributed by atoms with E-state index >= 15 is 0 Å². The molecule has 8 aliphatic carbocycles. The maximum absolute atomic E-state index is 2.56. The monoisotopic (exact) mass is 359 g/mol. The van der Waals surface area contributed by atoms with Gasteiger partial charge in [-0.2, -0.15) is 0 Å². The third-order valence-corrected chi connectivity index (χ3v) is 15.0. The minimum absolute atomic E-state index is 0.232. The van der Waals surface area contributed by atoms with Crippen LogP contribution < -0.4 is 0 Å². The maximum atomic E-state index is 2.56. The molecule has 0 aromatic rings. The summed E-state index contributed by atoms with van der Waals surface area (Å²) in [4.78, 5) is 0. The normalized spacial score (nSPS) is 56.8. The van der Waals surface area contributed by atoms with Crippen molar-refractivity contribution in [3.8, 4) is 0 Å². The summed E-state index contributed by atoms with van der Waals surface area (Å²) in [5.74, 6) is 7.91. The molecule has 0 saturated heterocycles. The molecular formula is C24H40P+. The minimum Gasteiger partial charge on any atom is -0.0593 e. The Bertz CT molecular complexity index is 432. The first-order valence-electron chi connectivity index (χ1n) is 11.9. The molecule has 0 unspecified atom stereocenters. The van der Waals surface area contributed by atoms with Crippen LogP contribution >= 0.6 is 7.92 Å². The Labute approximate surface area is 157 Å². The Morgan fingerprint density at radius 1 is 0.600 bits per heavy atom. The molecule has 1 heteroatoms. The molecule has 8 bridgehead atoms. The fourth-order valence-corrected chi connectivity index (χ4v) is 16.4. The van der Waals surface area contributed by atoms with E-state index in [0.717, 1.165) is 51.7 Å². The molecular weight excluding hydrogens is 319 g/mol. The molecule has 0 nitrogen and oxygen atoms in total. The van der Waals surface area contributed by atoms with E-state index in [1.165, 1.54) is 0 Å². The quantitative estimate of drug-likeness (QED) is 0.484. The van der Waals surface area contributed by atoms with Crippen molar-refractivity contribution < 1.29 is 0 Å². The van der Waals surface area contributed by atoms with Crippen molar-refractivity contribution in [2.75, 3.05) is 6.16 Å². The standard InChI is InChI=1S/C24H39P/c1-16(2)15-25(23-9-17-3-18(10-23)5-19(4-17)11-23)24-12-20-6-21(13-24)8-22(7-20)14-24/h16-22H,3-15H2,1-2H3/p+1. The number of hydrogen-bond acceptors (Lipinski definition) is 0. The smallest absolute Gasteiger partial charge is 0.0593 e. The average Bonchev–Trinajstić information content (AvgIpc) is 2.49. The van der Waals surface area contributed by atoms with Gasteiger partial charge in [-0.1, -0.05) is 13.8 Å². The van der Waals surface area contributed by atoms with Crippen LogP contribution in [0.3, 0.4) is 0 Å². The Morgan fingerprint density at radius 2 is 0.880 bits per heavy atom. The van der Waals surface area contributed by atoms with Crippen molar-refractivity contribution in [3.05, 3.63) is 0 Å². The summed E-state index contributed by atoms with van der Waals surface area (Å²) in [5.41, 5.74) is 0. The zero-order valence-electron chi connectivity index (χ0n) is 16.7. The molecule has 0 aliphatic heterocycles. The number of rotatable bonds is 4. The van der Waals surface area contributed by atoms with Crippen LogP contribution in [0.15, 0.2) is 0 Å². The van der Waals surface area contributed by atoms with Crippen LogP contribution in [-0.4, -0.2) is 16.5 Å². The van der Waals surface area contributed by atoms with Gasteiger partial charge in [-0.15, -0.1) is 0 Å². The van der Waals surface area contributed by atoms with Gasteiger partial charge in [0.05, 0.1) is 16.5 Å². The van der Waals surface area contributed by atoms with Crippen LogP contribution in [0.4, 0.5) is 0 Å². The molecule has 0 aromatic heterocycles. The molecule has 8 fully saturated rings. The highest BCUT2D eigenvalue weighted by Gasteiger charge is 2.67. The fraction of sp³-hybridized carbons (Fsp3) is 1.00. The molecule has 0 spiro atoms. The summed E-state index contributed by atoms with van der Waals surface area (Å²) in [7, 11) is -0.232. The lowest BCUT2D eigenvalue weighted by atomic mass is 9.55. The Morgan fingerprint density at radius 3 is 1.12 bits per heavy atom. The van der Waals surface area contributed by atoms with E-state index in [0.29, 0.717) is 0 Å². The van der Waals surface area contributed by atoms with Crippen molar-refractivity contribution in [2.45, 2.75) is 101 Å². The van der Waals surface area contributed by atoms with Crippen molar-refractivity contribution in [1.29, 1.82) is 0 Å². The topological polar surface area (TPSA) is 0 Å². The van der Waals surface area contributed by atoms with E-state index in [9.17, 15) is 0 Å². The Balaban J connectivity index is 1.39. The van der Waals surface area contributed by atoms with E-state index in [-0.39, 0.29) is 7.92 Å². The minimum atomic E-state index is -0.232. The molecule has 25 heavy (non-hydrogen) atoms. The summed E-state index contributed by atoms with van der Waals surface area (Å²) in [5, 5.41) is 1.80. The van der Waals surface area contributed by atoms with Gasteiger partial charge in [0.2, 0.25) is 0 Å². The number of hydrogen-bond donors (Lipinski definition) is 0. The van der Waals surface area contributed by atoms with Gasteiger partial charge in [-0.25, -0.2) is 0 Å². The van der Waals surface area contributed by atoms with Crippen LogP contribution in [0.2, 0.25) is 0 Å². The second-order valence-corrected chi connectivity index (χ2v) is 16.0. The van der Waals surface area contributed by atoms with Crippen LogP contribution in [0.1, 0.15) is 90.9 Å². The molecule has 0 amide bonds. The molecule has 8 aliphatic rings. The first-order valence-corrected chi connectivity index (χ1v) is 13.6. The van der Waals surface area contributed by atoms with E-state index < -0.39 is 0 Å². The highest BCUT2D eigenvalue weighted by molar-refractivity contribution is 7.61. The lowest BCUT2D eigenvalue weighted by Crippen LogP contribution is -2.57. The summed E-state index contributed by atoms with van der Waals surface area (Å²) in [6.45, 7) is 5.12. The van der Waals surface area contributed by atoms with Gasteiger partial charge >= 0.3 is 0 Å². The van der Waals surface area contributed by atoms with Gasteiger partial charge < -0.3 is 0 Å². The van der Waals surface area contributed by atoms with E-state index in [1.807, 2.05) is 0 Å². The molecule has 0 heterocycles. The van der Waals surface area contributed by atoms with Crippen LogP contribution in [0.25, 0.3) is 0 Å². The van der Waals surface area contributed by atoms with Gasteiger partial charge in [0, 0.05) is 7.92 Å². The van der Waals surface area contributed by atoms with Crippen molar-refractivity contribution >= 4 is 7.92 Å². The van der Waals surface area contributed by atoms with Crippen molar-refractivity contribution in [1.82, 2.24) is 0 Å². The predicted octanol–water partition coefficient (Wildman–Crippen LogP) is 6.79. The Kier molecular flexibility index (Phi) is 3.60. The van der Waals surface area contributed by atoms with E-state index in [4.69, 9.17) is 0 Å². The predicted molar refractivity (Wildman–Crippen MR) is 110 cm³/mol. The first-order chi connectivity index (χ1) is 12.0. The van der Waals surface area contributed by atoms with Gasteiger partial charge in [0.15, 0.2) is 0 Å². The summed E-state index contributed by atoms with van der Waals surface area (Å²) in [6, 6.07) is 0. The third kappa shape index (κ3) is 2.48. The zero-order chi connectivity index (χ0) is 16.8. The molecule has 8 saturated carbocycles. The van der Waals surface area contributed by atoms with Crippen molar-refractivity contribution in [3.63, 3.8) is 0 Å². The molecule has 8 rings (SSSR count). The van der Waals surface area contributed by atoms with Crippen LogP contribution in [0.5, 0.6) is 0 Å². The molecule has 140 valence electrons. The lowest BCUT2D eigenvalue weighted by molar-refractivity contribution is 0.0183. The SMILES string of the molecule is CC(C)C[PH+](C12CC3CC(CC(C3)C1)C2)C12CC3CC(CC(C3)C1)C2. The van der Waals surface area contributed by atoms with E-state index in [2.05, 4.69) is 13.8 Å². The third-order valence-electron chi connectivity index (χ3n) is 9.97. The average molecular weight is 360 g/mol.